The molecule has 6 heteroatoms. The number of nitrogens with zero attached hydrogens (tertiary/aromatic N) is 2. The molecule has 0 spiro atoms. The fourth-order valence-electron chi connectivity index (χ4n) is 2.02. The lowest BCUT2D eigenvalue weighted by Gasteiger charge is -2.22. The molecule has 15 heavy (non-hydrogen) atoms. The molecule has 0 aromatic carbocycles. The first-order valence-electron chi connectivity index (χ1n) is 4.96. The molecule has 0 bridgehead atoms. The molecule has 1 atom stereocenters. The third-order valence-corrected chi connectivity index (χ3v) is 2.97. The molecule has 1 N–H and O–H groups in total. The number of amides is 4. The smallest absolute Gasteiger partial charge is 0.302 e. The molecule has 2 aliphatic heterocycles. The van der Waals surface area contributed by atoms with Gasteiger partial charge < -0.3 is 4.90 Å². The van der Waals surface area contributed by atoms with Crippen molar-refractivity contribution in [2.75, 3.05) is 20.1 Å². The van der Waals surface area contributed by atoms with Crippen LogP contribution in [0, 0.1) is 0 Å². The van der Waals surface area contributed by atoms with Crippen LogP contribution in [0.4, 0.5) is 4.79 Å². The van der Waals surface area contributed by atoms with Gasteiger partial charge in [-0.2, -0.15) is 0 Å². The van der Waals surface area contributed by atoms with E-state index in [1.807, 2.05) is 12.4 Å². The third-order valence-electron chi connectivity index (χ3n) is 2.97. The fraction of sp³-hybridized carbons (Fsp3) is 0.667. The van der Waals surface area contributed by atoms with E-state index in [4.69, 9.17) is 0 Å². The van der Waals surface area contributed by atoms with Gasteiger partial charge in [-0.3, -0.25) is 19.8 Å². The van der Waals surface area contributed by atoms with Crippen LogP contribution in [0.15, 0.2) is 0 Å². The normalized spacial score (nSPS) is 27.7. The number of likely N-dealkylation sites (N-methyl/N-ethyl adjacent to an activating group) is 1. The number of carbonyl (C=O) groups excluding carboxylic acids is 3. The van der Waals surface area contributed by atoms with Gasteiger partial charge in [0.1, 0.15) is 0 Å². The van der Waals surface area contributed by atoms with Gasteiger partial charge in [-0.05, 0) is 26.4 Å². The Morgan fingerprint density at radius 2 is 2.13 bits per heavy atom. The van der Waals surface area contributed by atoms with Gasteiger partial charge in [0.15, 0.2) is 0 Å². The van der Waals surface area contributed by atoms with Crippen LogP contribution in [0.3, 0.4) is 0 Å². The lowest BCUT2D eigenvalue weighted by molar-refractivity contribution is -0.140. The molecule has 6 nitrogen and oxygen atoms in total. The Hall–Kier alpha value is -1.43. The molecule has 2 rings (SSSR count). The monoisotopic (exact) mass is 211 g/mol. The number of carbonyl (C=O) groups is 3. The van der Waals surface area contributed by atoms with E-state index >= 15 is 0 Å². The Bertz CT molecular complexity index is 329. The summed E-state index contributed by atoms with van der Waals surface area (Å²) >= 11 is 0. The van der Waals surface area contributed by atoms with Crippen LogP contribution in [0.25, 0.3) is 0 Å². The van der Waals surface area contributed by atoms with Crippen molar-refractivity contribution >= 4 is 17.8 Å². The Morgan fingerprint density at radius 1 is 1.40 bits per heavy atom. The SMILES string of the molecule is CN1CCCC1CN1C(=O)NC(=O)C1=O. The summed E-state index contributed by atoms with van der Waals surface area (Å²) in [6.45, 7) is 1.29. The van der Waals surface area contributed by atoms with Crippen LogP contribution in [0.5, 0.6) is 0 Å². The van der Waals surface area contributed by atoms with E-state index in [9.17, 15) is 14.4 Å². The van der Waals surface area contributed by atoms with Crippen LogP contribution in [0.1, 0.15) is 12.8 Å². The summed E-state index contributed by atoms with van der Waals surface area (Å²) in [5, 5.41) is 1.99. The van der Waals surface area contributed by atoms with Gasteiger partial charge in [0, 0.05) is 12.6 Å². The van der Waals surface area contributed by atoms with Crippen LogP contribution in [-0.2, 0) is 9.59 Å². The number of hydrogen-bond donors (Lipinski definition) is 1. The summed E-state index contributed by atoms with van der Waals surface area (Å²) in [5.41, 5.74) is 0. The van der Waals surface area contributed by atoms with Gasteiger partial charge in [-0.15, -0.1) is 0 Å². The molecule has 2 aliphatic rings. The van der Waals surface area contributed by atoms with Crippen molar-refractivity contribution in [1.82, 2.24) is 15.1 Å². The van der Waals surface area contributed by atoms with Gasteiger partial charge in [-0.1, -0.05) is 0 Å². The standard InChI is InChI=1S/C9H13N3O3/c1-11-4-2-3-6(11)5-12-8(14)7(13)10-9(12)15/h6H,2-5H2,1H3,(H,10,13,15). The molecule has 82 valence electrons. The van der Waals surface area contributed by atoms with E-state index < -0.39 is 17.8 Å². The topological polar surface area (TPSA) is 69.7 Å². The molecular formula is C9H13N3O3. The van der Waals surface area contributed by atoms with Crippen LogP contribution in [0.2, 0.25) is 0 Å². The highest BCUT2D eigenvalue weighted by Gasteiger charge is 2.39. The molecule has 2 saturated heterocycles. The average molecular weight is 211 g/mol. The molecular weight excluding hydrogens is 198 g/mol. The molecule has 0 aromatic heterocycles. The number of urea groups is 1. The first kappa shape index (κ1) is 10.1. The van der Waals surface area contributed by atoms with E-state index in [0.717, 1.165) is 24.3 Å². The maximum Gasteiger partial charge on any atom is 0.331 e. The Balaban J connectivity index is 2.02. The van der Waals surface area contributed by atoms with Gasteiger partial charge >= 0.3 is 17.8 Å². The van der Waals surface area contributed by atoms with E-state index in [2.05, 4.69) is 4.90 Å². The molecule has 1 unspecified atom stereocenters. The van der Waals surface area contributed by atoms with Crippen molar-refractivity contribution in [3.8, 4) is 0 Å². The van der Waals surface area contributed by atoms with Gasteiger partial charge in [0.2, 0.25) is 0 Å². The minimum absolute atomic E-state index is 0.186. The summed E-state index contributed by atoms with van der Waals surface area (Å²) < 4.78 is 0. The first-order chi connectivity index (χ1) is 7.09. The highest BCUT2D eigenvalue weighted by Crippen LogP contribution is 2.17. The molecule has 0 radical (unpaired) electrons. The average Bonchev–Trinajstić information content (AvgIpc) is 2.67. The second kappa shape index (κ2) is 3.62. The number of nitrogens with one attached hydrogen (secondary N) is 1. The third kappa shape index (κ3) is 1.72. The zero-order valence-electron chi connectivity index (χ0n) is 8.52. The molecule has 0 aromatic rings. The largest absolute Gasteiger partial charge is 0.331 e. The number of imide groups is 2. The second-order valence-corrected chi connectivity index (χ2v) is 3.95. The molecule has 2 fully saturated rings. The van der Waals surface area contributed by atoms with E-state index in [1.165, 1.54) is 0 Å². The minimum atomic E-state index is -0.819. The maximum absolute atomic E-state index is 11.3. The fourth-order valence-corrected chi connectivity index (χ4v) is 2.02. The highest BCUT2D eigenvalue weighted by atomic mass is 16.2. The predicted octanol–water partition coefficient (Wildman–Crippen LogP) is -0.841. The zero-order chi connectivity index (χ0) is 11.0. The van der Waals surface area contributed by atoms with Gasteiger partial charge in [0.05, 0.1) is 0 Å². The summed E-state index contributed by atoms with van der Waals surface area (Å²) in [4.78, 5) is 36.5. The van der Waals surface area contributed by atoms with E-state index in [0.29, 0.717) is 6.54 Å². The lowest BCUT2D eigenvalue weighted by atomic mass is 10.2. The Labute approximate surface area is 87.2 Å². The number of hydrogen-bond acceptors (Lipinski definition) is 4. The van der Waals surface area contributed by atoms with Crippen molar-refractivity contribution < 1.29 is 14.4 Å². The van der Waals surface area contributed by atoms with Gasteiger partial charge in [-0.25, -0.2) is 4.79 Å². The predicted molar refractivity (Wildman–Crippen MR) is 50.9 cm³/mol. The van der Waals surface area contributed by atoms with Crippen molar-refractivity contribution in [2.45, 2.75) is 18.9 Å². The first-order valence-corrected chi connectivity index (χ1v) is 4.96. The quantitative estimate of drug-likeness (QED) is 0.477. The lowest BCUT2D eigenvalue weighted by Crippen LogP contribution is -2.42. The maximum atomic E-state index is 11.3. The highest BCUT2D eigenvalue weighted by molar-refractivity contribution is 6.44. The van der Waals surface area contributed by atoms with Crippen LogP contribution in [-0.4, -0.2) is 53.8 Å². The molecule has 2 heterocycles. The van der Waals surface area contributed by atoms with E-state index in [1.54, 1.807) is 0 Å². The van der Waals surface area contributed by atoms with Gasteiger partial charge in [0.25, 0.3) is 0 Å². The Kier molecular flexibility index (Phi) is 2.44. The molecule has 0 saturated carbocycles. The van der Waals surface area contributed by atoms with Crippen molar-refractivity contribution in [3.05, 3.63) is 0 Å². The second-order valence-electron chi connectivity index (χ2n) is 3.95. The summed E-state index contributed by atoms with van der Waals surface area (Å²) in [7, 11) is 1.96. The summed E-state index contributed by atoms with van der Waals surface area (Å²) in [6.07, 6.45) is 2.03. The summed E-state index contributed by atoms with van der Waals surface area (Å²) in [6, 6.07) is -0.407. The van der Waals surface area contributed by atoms with Crippen LogP contribution < -0.4 is 5.32 Å². The van der Waals surface area contributed by atoms with Crippen molar-refractivity contribution in [1.29, 1.82) is 0 Å². The molecule has 4 amide bonds. The zero-order valence-corrected chi connectivity index (χ0v) is 8.52. The summed E-state index contributed by atoms with van der Waals surface area (Å²) in [5.74, 6) is -1.55. The van der Waals surface area contributed by atoms with Crippen molar-refractivity contribution in [3.63, 3.8) is 0 Å². The van der Waals surface area contributed by atoms with Crippen molar-refractivity contribution in [2.24, 2.45) is 0 Å². The minimum Gasteiger partial charge on any atom is -0.302 e. The Morgan fingerprint density at radius 3 is 2.60 bits per heavy atom. The van der Waals surface area contributed by atoms with E-state index in [-0.39, 0.29) is 6.04 Å². The molecule has 0 aliphatic carbocycles. The number of rotatable bonds is 2. The van der Waals surface area contributed by atoms with Crippen LogP contribution >= 0.6 is 0 Å². The number of likely N-dealkylation sites (tertiary alicyclic amines) is 1.